The van der Waals surface area contributed by atoms with Crippen molar-refractivity contribution < 1.29 is 41.0 Å². The van der Waals surface area contributed by atoms with Crippen molar-refractivity contribution in [3.63, 3.8) is 0 Å². The summed E-state index contributed by atoms with van der Waals surface area (Å²) in [6, 6.07) is 7.14. The molecule has 0 saturated carbocycles. The summed E-state index contributed by atoms with van der Waals surface area (Å²) in [4.78, 5) is 10.7. The van der Waals surface area contributed by atoms with Crippen molar-refractivity contribution in [3.8, 4) is 11.8 Å². The largest absolute Gasteiger partial charge is 0.492 e. The van der Waals surface area contributed by atoms with Gasteiger partial charge in [0.15, 0.2) is 0 Å². The number of alkyl halides is 6. The minimum atomic E-state index is -4.88. The average Bonchev–Trinajstić information content (AvgIpc) is 3.17. The zero-order valence-electron chi connectivity index (χ0n) is 16.9. The molecule has 5 nitrogen and oxygen atoms in total. The lowest BCUT2D eigenvalue weighted by atomic mass is 9.88. The minimum Gasteiger partial charge on any atom is -0.492 e. The second kappa shape index (κ2) is 9.31. The monoisotopic (exact) mass is 472 g/mol. The molecule has 2 aromatic carbocycles. The molecule has 33 heavy (non-hydrogen) atoms. The molecule has 2 aromatic rings. The number of halogens is 6. The lowest BCUT2D eigenvalue weighted by Crippen LogP contribution is -2.44. The molecule has 1 heterocycles. The highest BCUT2D eigenvalue weighted by atomic mass is 19.4. The fraction of sp³-hybridized carbons (Fsp3) is 0.364. The standard InChI is InChI=1S/C22H18F6N2O3/c23-21(24,25)18-8-13(3-4-14(18)10-29)17-9-15(30-20(17)22(26,27)28)11-33-16-5-1-12(2-6-16)7-19(31)32/h1-6,8,15,17,20,30H,7,9,11H2,(H,31,32)/t15-,17?,20+/m0/s1. The third kappa shape index (κ3) is 5.96. The average molecular weight is 472 g/mol. The molecule has 2 N–H and O–H groups in total. The zero-order chi connectivity index (χ0) is 24.4. The first-order valence-corrected chi connectivity index (χ1v) is 9.76. The summed E-state index contributed by atoms with van der Waals surface area (Å²) in [5.74, 6) is -2.00. The Bertz CT molecular complexity index is 1040. The summed E-state index contributed by atoms with van der Waals surface area (Å²) in [6.45, 7) is -0.177. The Morgan fingerprint density at radius 3 is 2.33 bits per heavy atom. The normalized spacial score (nSPS) is 20.9. The van der Waals surface area contributed by atoms with Crippen LogP contribution in [0, 0.1) is 11.3 Å². The second-order valence-electron chi connectivity index (χ2n) is 7.67. The second-order valence-corrected chi connectivity index (χ2v) is 7.67. The maximum absolute atomic E-state index is 13.6. The first-order chi connectivity index (χ1) is 15.4. The number of carboxylic acid groups (broad SMARTS) is 1. The number of rotatable bonds is 6. The fourth-order valence-corrected chi connectivity index (χ4v) is 3.85. The summed E-state index contributed by atoms with van der Waals surface area (Å²) in [7, 11) is 0. The van der Waals surface area contributed by atoms with Crippen LogP contribution in [0.4, 0.5) is 26.3 Å². The van der Waals surface area contributed by atoms with Gasteiger partial charge in [0.2, 0.25) is 0 Å². The number of hydrogen-bond donors (Lipinski definition) is 2. The van der Waals surface area contributed by atoms with Crippen LogP contribution >= 0.6 is 0 Å². The molecule has 3 atom stereocenters. The molecule has 0 spiro atoms. The number of nitrogens with one attached hydrogen (secondary N) is 1. The van der Waals surface area contributed by atoms with Crippen molar-refractivity contribution in [2.24, 2.45) is 0 Å². The van der Waals surface area contributed by atoms with Crippen LogP contribution in [0.25, 0.3) is 0 Å². The summed E-state index contributed by atoms with van der Waals surface area (Å²) in [5, 5.41) is 20.1. The summed E-state index contributed by atoms with van der Waals surface area (Å²) < 4.78 is 86.2. The van der Waals surface area contributed by atoms with Gasteiger partial charge < -0.3 is 9.84 Å². The van der Waals surface area contributed by atoms with E-state index < -0.39 is 47.5 Å². The fourth-order valence-electron chi connectivity index (χ4n) is 3.85. The van der Waals surface area contributed by atoms with E-state index in [0.29, 0.717) is 17.4 Å². The summed E-state index contributed by atoms with van der Waals surface area (Å²) in [6.07, 6.45) is -9.92. The number of hydrogen-bond acceptors (Lipinski definition) is 4. The van der Waals surface area contributed by atoms with E-state index in [2.05, 4.69) is 5.32 Å². The van der Waals surface area contributed by atoms with Gasteiger partial charge in [0, 0.05) is 12.0 Å². The third-order valence-corrected chi connectivity index (χ3v) is 5.34. The van der Waals surface area contributed by atoms with Gasteiger partial charge in [-0.25, -0.2) is 0 Å². The first-order valence-electron chi connectivity index (χ1n) is 9.76. The SMILES string of the molecule is N#Cc1ccc(C2C[C@@H](COc3ccc(CC(=O)O)cc3)N[C@H]2C(F)(F)F)cc1C(F)(F)F. The molecular weight excluding hydrogens is 454 g/mol. The van der Waals surface area contributed by atoms with E-state index in [1.165, 1.54) is 30.3 Å². The van der Waals surface area contributed by atoms with Crippen molar-refractivity contribution >= 4 is 5.97 Å². The van der Waals surface area contributed by atoms with Crippen LogP contribution in [0.15, 0.2) is 42.5 Å². The quantitative estimate of drug-likeness (QED) is 0.598. The van der Waals surface area contributed by atoms with Crippen LogP contribution in [0.2, 0.25) is 0 Å². The van der Waals surface area contributed by atoms with Crippen molar-refractivity contribution in [1.29, 1.82) is 5.26 Å². The molecule has 176 valence electrons. The molecule has 1 unspecified atom stereocenters. The van der Waals surface area contributed by atoms with E-state index in [1.54, 1.807) is 0 Å². The van der Waals surface area contributed by atoms with E-state index in [0.717, 1.165) is 12.1 Å². The van der Waals surface area contributed by atoms with Gasteiger partial charge in [0.25, 0.3) is 0 Å². The van der Waals surface area contributed by atoms with Gasteiger partial charge in [-0.15, -0.1) is 0 Å². The summed E-state index contributed by atoms with van der Waals surface area (Å²) >= 11 is 0. The van der Waals surface area contributed by atoms with Crippen LogP contribution in [-0.4, -0.2) is 35.9 Å². The van der Waals surface area contributed by atoms with Crippen molar-refractivity contribution in [2.45, 2.75) is 43.2 Å². The Morgan fingerprint density at radius 1 is 1.12 bits per heavy atom. The molecule has 11 heteroatoms. The molecule has 1 aliphatic heterocycles. The van der Waals surface area contributed by atoms with Crippen molar-refractivity contribution in [2.75, 3.05) is 6.61 Å². The molecule has 0 aromatic heterocycles. The van der Waals surface area contributed by atoms with Crippen molar-refractivity contribution in [3.05, 3.63) is 64.7 Å². The predicted molar refractivity (Wildman–Crippen MR) is 104 cm³/mol. The molecule has 1 saturated heterocycles. The Labute approximate surface area is 184 Å². The minimum absolute atomic E-state index is 0.134. The Morgan fingerprint density at radius 2 is 1.79 bits per heavy atom. The first kappa shape index (κ1) is 24.4. The number of aliphatic carboxylic acids is 1. The molecular formula is C22H18F6N2O3. The van der Waals surface area contributed by atoms with Gasteiger partial charge in [-0.3, -0.25) is 10.1 Å². The van der Waals surface area contributed by atoms with Gasteiger partial charge in [-0.05, 0) is 41.8 Å². The van der Waals surface area contributed by atoms with Gasteiger partial charge in [-0.2, -0.15) is 31.6 Å². The lowest BCUT2D eigenvalue weighted by Gasteiger charge is -2.23. The highest BCUT2D eigenvalue weighted by Crippen LogP contribution is 2.42. The molecule has 0 bridgehead atoms. The van der Waals surface area contributed by atoms with Crippen LogP contribution in [0.5, 0.6) is 5.75 Å². The smallest absolute Gasteiger partial charge is 0.417 e. The molecule has 1 aliphatic rings. The number of ether oxygens (including phenoxy) is 1. The Hall–Kier alpha value is -3.26. The van der Waals surface area contributed by atoms with E-state index >= 15 is 0 Å². The van der Waals surface area contributed by atoms with Gasteiger partial charge in [0.05, 0.1) is 23.6 Å². The number of benzene rings is 2. The topological polar surface area (TPSA) is 82.3 Å². The maximum atomic E-state index is 13.6. The molecule has 0 aliphatic carbocycles. The van der Waals surface area contributed by atoms with Crippen LogP contribution < -0.4 is 10.1 Å². The van der Waals surface area contributed by atoms with Gasteiger partial charge >= 0.3 is 18.3 Å². The van der Waals surface area contributed by atoms with E-state index in [4.69, 9.17) is 15.1 Å². The molecule has 0 radical (unpaired) electrons. The Kier molecular flexibility index (Phi) is 6.88. The highest BCUT2D eigenvalue weighted by molar-refractivity contribution is 5.70. The highest BCUT2D eigenvalue weighted by Gasteiger charge is 2.51. The van der Waals surface area contributed by atoms with Crippen molar-refractivity contribution in [1.82, 2.24) is 5.32 Å². The zero-order valence-corrected chi connectivity index (χ0v) is 16.9. The number of nitrogens with zero attached hydrogens (tertiary/aromatic N) is 1. The molecule has 0 amide bonds. The van der Waals surface area contributed by atoms with Gasteiger partial charge in [0.1, 0.15) is 18.4 Å². The van der Waals surface area contributed by atoms with Gasteiger partial charge in [-0.1, -0.05) is 18.2 Å². The van der Waals surface area contributed by atoms with Crippen LogP contribution in [0.3, 0.4) is 0 Å². The predicted octanol–water partition coefficient (Wildman–Crippen LogP) is 4.66. The number of nitriles is 1. The maximum Gasteiger partial charge on any atom is 0.417 e. The van der Waals surface area contributed by atoms with Crippen LogP contribution in [0.1, 0.15) is 34.6 Å². The van der Waals surface area contributed by atoms with E-state index in [-0.39, 0.29) is 25.0 Å². The number of carboxylic acids is 1. The van der Waals surface area contributed by atoms with E-state index in [9.17, 15) is 31.1 Å². The third-order valence-electron chi connectivity index (χ3n) is 5.34. The Balaban J connectivity index is 1.77. The summed E-state index contributed by atoms with van der Waals surface area (Å²) in [5.41, 5.74) is -1.58. The molecule has 1 fully saturated rings. The van der Waals surface area contributed by atoms with E-state index in [1.807, 2.05) is 0 Å². The van der Waals surface area contributed by atoms with Crippen LogP contribution in [-0.2, 0) is 17.4 Å². The number of carbonyl (C=O) groups is 1. The lowest BCUT2D eigenvalue weighted by molar-refractivity contribution is -0.156. The molecule has 3 rings (SSSR count).